The van der Waals surface area contributed by atoms with Crippen molar-refractivity contribution in [2.45, 2.75) is 32.0 Å². The number of allylic oxidation sites excluding steroid dienone is 4. The van der Waals surface area contributed by atoms with E-state index in [-0.39, 0.29) is 30.6 Å². The summed E-state index contributed by atoms with van der Waals surface area (Å²) in [5.41, 5.74) is 1.91. The molecule has 0 aromatic rings. The molecule has 0 saturated carbocycles. The monoisotopic (exact) mass is 367 g/mol. The summed E-state index contributed by atoms with van der Waals surface area (Å²) in [5.74, 6) is -0.0733. The van der Waals surface area contributed by atoms with Crippen molar-refractivity contribution >= 4 is 27.7 Å². The van der Waals surface area contributed by atoms with E-state index in [1.807, 2.05) is 37.1 Å². The van der Waals surface area contributed by atoms with E-state index in [1.54, 1.807) is 4.90 Å². The van der Waals surface area contributed by atoms with E-state index in [4.69, 9.17) is 0 Å². The van der Waals surface area contributed by atoms with Gasteiger partial charge in [0.15, 0.2) is 0 Å². The average Bonchev–Trinajstić information content (AvgIpc) is 2.97. The third-order valence-electron chi connectivity index (χ3n) is 4.24. The molecular weight excluding hydrogens is 346 g/mol. The van der Waals surface area contributed by atoms with Gasteiger partial charge in [0.2, 0.25) is 11.8 Å². The summed E-state index contributed by atoms with van der Waals surface area (Å²) >= 11 is 3.48. The minimum atomic E-state index is -0.339. The number of rotatable bonds is 5. The molecule has 120 valence electrons. The van der Waals surface area contributed by atoms with Gasteiger partial charge in [0.05, 0.1) is 6.54 Å². The molecule has 0 radical (unpaired) electrons. The lowest BCUT2D eigenvalue weighted by Crippen LogP contribution is -2.60. The van der Waals surface area contributed by atoms with E-state index in [0.29, 0.717) is 11.8 Å². The van der Waals surface area contributed by atoms with E-state index in [0.717, 1.165) is 17.7 Å². The molecule has 5 nitrogen and oxygen atoms in total. The van der Waals surface area contributed by atoms with Crippen LogP contribution in [0.3, 0.4) is 0 Å². The fraction of sp³-hybridized carbons (Fsp3) is 0.500. The number of likely N-dealkylation sites (N-methyl/N-ethyl adjacent to an activating group) is 1. The molecule has 0 spiro atoms. The SMILES string of the molecule is C=C(/C(=C\C=C/C)CBr)N(C)[C@H]1CC[C@H]2C(=O)NCC(=O)N12. The number of nitrogens with zero attached hydrogens (tertiary/aromatic N) is 2. The van der Waals surface area contributed by atoms with Crippen molar-refractivity contribution in [3.63, 3.8) is 0 Å². The van der Waals surface area contributed by atoms with Gasteiger partial charge in [0.25, 0.3) is 0 Å². The number of piperazine rings is 1. The van der Waals surface area contributed by atoms with Crippen molar-refractivity contribution in [1.29, 1.82) is 0 Å². The smallest absolute Gasteiger partial charge is 0.244 e. The molecule has 2 saturated heterocycles. The van der Waals surface area contributed by atoms with Gasteiger partial charge in [-0.1, -0.05) is 40.7 Å². The number of halogens is 1. The number of carbonyl (C=O) groups excluding carboxylic acids is 2. The van der Waals surface area contributed by atoms with Gasteiger partial charge >= 0.3 is 0 Å². The van der Waals surface area contributed by atoms with E-state index in [1.165, 1.54) is 0 Å². The zero-order valence-electron chi connectivity index (χ0n) is 13.0. The van der Waals surface area contributed by atoms with Crippen molar-refractivity contribution in [1.82, 2.24) is 15.1 Å². The minimum absolute atomic E-state index is 0.0235. The van der Waals surface area contributed by atoms with Crippen LogP contribution in [0.4, 0.5) is 0 Å². The van der Waals surface area contributed by atoms with Crippen molar-refractivity contribution in [3.05, 3.63) is 36.1 Å². The Labute approximate surface area is 139 Å². The molecule has 22 heavy (non-hydrogen) atoms. The Balaban J connectivity index is 2.18. The van der Waals surface area contributed by atoms with Crippen LogP contribution in [-0.2, 0) is 9.59 Å². The van der Waals surface area contributed by atoms with Gasteiger partial charge in [0.1, 0.15) is 12.2 Å². The molecule has 2 heterocycles. The van der Waals surface area contributed by atoms with Crippen LogP contribution in [0.25, 0.3) is 0 Å². The maximum Gasteiger partial charge on any atom is 0.244 e. The first-order valence-corrected chi connectivity index (χ1v) is 8.52. The molecule has 6 heteroatoms. The number of carbonyl (C=O) groups is 2. The topological polar surface area (TPSA) is 52.7 Å². The molecule has 1 N–H and O–H groups in total. The molecule has 0 aromatic heterocycles. The molecule has 0 bridgehead atoms. The number of nitrogens with one attached hydrogen (secondary N) is 1. The normalized spacial score (nSPS) is 25.4. The number of amides is 2. The lowest BCUT2D eigenvalue weighted by Gasteiger charge is -2.39. The second-order valence-corrected chi connectivity index (χ2v) is 6.06. The number of alkyl halides is 1. The first-order chi connectivity index (χ1) is 10.5. The summed E-state index contributed by atoms with van der Waals surface area (Å²) in [6, 6.07) is -0.339. The molecular formula is C16H22BrN3O2. The fourth-order valence-electron chi connectivity index (χ4n) is 2.98. The van der Waals surface area contributed by atoms with Gasteiger partial charge in [-0.2, -0.15) is 0 Å². The van der Waals surface area contributed by atoms with E-state index in [2.05, 4.69) is 27.8 Å². The molecule has 2 fully saturated rings. The number of hydrogen-bond donors (Lipinski definition) is 1. The van der Waals surface area contributed by atoms with Crippen molar-refractivity contribution < 1.29 is 9.59 Å². The zero-order valence-corrected chi connectivity index (χ0v) is 14.6. The largest absolute Gasteiger partial charge is 0.354 e. The van der Waals surface area contributed by atoms with Gasteiger partial charge in [-0.15, -0.1) is 0 Å². The van der Waals surface area contributed by atoms with Gasteiger partial charge in [-0.3, -0.25) is 9.59 Å². The summed E-state index contributed by atoms with van der Waals surface area (Å²) in [5, 5.41) is 3.34. The van der Waals surface area contributed by atoms with Gasteiger partial charge in [-0.05, 0) is 25.3 Å². The maximum absolute atomic E-state index is 12.2. The predicted octanol–water partition coefficient (Wildman–Crippen LogP) is 1.78. The molecule has 2 amide bonds. The fourth-order valence-corrected chi connectivity index (χ4v) is 3.49. The molecule has 0 unspecified atom stereocenters. The summed E-state index contributed by atoms with van der Waals surface area (Å²) in [6.45, 7) is 6.21. The summed E-state index contributed by atoms with van der Waals surface area (Å²) in [6.07, 6.45) is 7.29. The standard InChI is InChI=1S/C16H22BrN3O2/c1-4-5-6-12(9-17)11(2)19(3)14-8-7-13-16(22)18-10-15(21)20(13)14/h4-6,13-14H,2,7-10H2,1,3H3,(H,18,22)/b5-4-,12-6-/t13-,14+/m0/s1. The summed E-state index contributed by atoms with van der Waals surface area (Å²) in [4.78, 5) is 27.8. The Kier molecular flexibility index (Phi) is 5.45. The minimum Gasteiger partial charge on any atom is -0.354 e. The second kappa shape index (κ2) is 7.13. The summed E-state index contributed by atoms with van der Waals surface area (Å²) in [7, 11) is 1.93. The molecule has 0 aromatic carbocycles. The van der Waals surface area contributed by atoms with E-state index >= 15 is 0 Å². The van der Waals surface area contributed by atoms with E-state index in [9.17, 15) is 9.59 Å². The van der Waals surface area contributed by atoms with Gasteiger partial charge in [-0.25, -0.2) is 0 Å². The van der Waals surface area contributed by atoms with Crippen LogP contribution in [0.2, 0.25) is 0 Å². The second-order valence-electron chi connectivity index (χ2n) is 5.50. The van der Waals surface area contributed by atoms with Crippen molar-refractivity contribution in [2.75, 3.05) is 18.9 Å². The Morgan fingerprint density at radius 2 is 2.23 bits per heavy atom. The first kappa shape index (κ1) is 16.8. The van der Waals surface area contributed by atoms with Crippen LogP contribution >= 0.6 is 15.9 Å². The van der Waals surface area contributed by atoms with Gasteiger partial charge in [0, 0.05) is 18.1 Å². The summed E-state index contributed by atoms with van der Waals surface area (Å²) < 4.78 is 0. The van der Waals surface area contributed by atoms with Crippen LogP contribution in [0, 0.1) is 0 Å². The van der Waals surface area contributed by atoms with Crippen molar-refractivity contribution in [2.24, 2.45) is 0 Å². The quantitative estimate of drug-likeness (QED) is 0.595. The third-order valence-corrected chi connectivity index (χ3v) is 4.84. The molecule has 2 aliphatic heterocycles. The molecule has 2 atom stereocenters. The number of fused-ring (bicyclic) bond motifs is 1. The van der Waals surface area contributed by atoms with Crippen LogP contribution in [-0.4, -0.2) is 52.7 Å². The zero-order chi connectivity index (χ0) is 16.3. The highest BCUT2D eigenvalue weighted by Crippen LogP contribution is 2.31. The predicted molar refractivity (Wildman–Crippen MR) is 90.3 cm³/mol. The van der Waals surface area contributed by atoms with Crippen molar-refractivity contribution in [3.8, 4) is 0 Å². The van der Waals surface area contributed by atoms with Crippen LogP contribution in [0.15, 0.2) is 36.1 Å². The Hall–Kier alpha value is -1.56. The molecule has 2 rings (SSSR count). The highest BCUT2D eigenvalue weighted by Gasteiger charge is 2.45. The molecule has 0 aliphatic carbocycles. The Morgan fingerprint density at radius 3 is 2.86 bits per heavy atom. The Morgan fingerprint density at radius 1 is 1.50 bits per heavy atom. The van der Waals surface area contributed by atoms with Crippen LogP contribution in [0.5, 0.6) is 0 Å². The van der Waals surface area contributed by atoms with Gasteiger partial charge < -0.3 is 15.1 Å². The third kappa shape index (κ3) is 3.11. The highest BCUT2D eigenvalue weighted by atomic mass is 79.9. The maximum atomic E-state index is 12.2. The van der Waals surface area contributed by atoms with E-state index < -0.39 is 0 Å². The average molecular weight is 368 g/mol. The highest BCUT2D eigenvalue weighted by molar-refractivity contribution is 9.09. The number of hydrogen-bond acceptors (Lipinski definition) is 3. The van der Waals surface area contributed by atoms with Crippen LogP contribution in [0.1, 0.15) is 19.8 Å². The van der Waals surface area contributed by atoms with Crippen LogP contribution < -0.4 is 5.32 Å². The lowest BCUT2D eigenvalue weighted by atomic mass is 10.1. The first-order valence-electron chi connectivity index (χ1n) is 7.40. The Bertz CT molecular complexity index is 542. The molecule has 2 aliphatic rings. The lowest BCUT2D eigenvalue weighted by molar-refractivity contribution is -0.147.